The summed E-state index contributed by atoms with van der Waals surface area (Å²) in [6.45, 7) is 1.83. The van der Waals surface area contributed by atoms with Crippen molar-refractivity contribution in [1.82, 2.24) is 4.72 Å². The van der Waals surface area contributed by atoms with E-state index in [1.807, 2.05) is 6.07 Å². The third-order valence-corrected chi connectivity index (χ3v) is 10.6. The fourth-order valence-electron chi connectivity index (χ4n) is 6.94. The van der Waals surface area contributed by atoms with Crippen molar-refractivity contribution >= 4 is 33.2 Å². The van der Waals surface area contributed by atoms with E-state index in [-0.39, 0.29) is 22.8 Å². The number of aliphatic hydroxyl groups is 2. The first-order valence-corrected chi connectivity index (χ1v) is 16.0. The Morgan fingerprint density at radius 2 is 1.98 bits per heavy atom. The van der Waals surface area contributed by atoms with Gasteiger partial charge in [-0.2, -0.15) is 0 Å². The number of anilines is 1. The Balaban J connectivity index is 1.41. The van der Waals surface area contributed by atoms with Crippen LogP contribution < -0.4 is 14.4 Å². The number of nitrogens with one attached hydrogen (secondary N) is 1. The Morgan fingerprint density at radius 1 is 1.12 bits per heavy atom. The van der Waals surface area contributed by atoms with E-state index in [0.29, 0.717) is 31.9 Å². The van der Waals surface area contributed by atoms with Gasteiger partial charge >= 0.3 is 0 Å². The summed E-state index contributed by atoms with van der Waals surface area (Å²) in [5.41, 5.74) is 3.14. The second-order valence-corrected chi connectivity index (χ2v) is 14.0. The summed E-state index contributed by atoms with van der Waals surface area (Å²) in [7, 11) is -4.10. The predicted octanol–water partition coefficient (Wildman–Crippen LogP) is 3.58. The zero-order valence-corrected chi connectivity index (χ0v) is 23.8. The lowest BCUT2D eigenvalue weighted by Crippen LogP contribution is -2.49. The number of ether oxygens (including phenoxy) is 1. The van der Waals surface area contributed by atoms with Gasteiger partial charge in [0.2, 0.25) is 10.0 Å². The largest absolute Gasteiger partial charge is 0.490 e. The van der Waals surface area contributed by atoms with Gasteiger partial charge < -0.3 is 19.8 Å². The number of aliphatic hydroxyl groups excluding tert-OH is 2. The monoisotopic (exact) mass is 586 g/mol. The molecule has 0 radical (unpaired) electrons. The minimum atomic E-state index is -4.10. The molecule has 2 aromatic carbocycles. The summed E-state index contributed by atoms with van der Waals surface area (Å²) in [5, 5.41) is 21.9. The Bertz CT molecular complexity index is 1450. The maximum Gasteiger partial charge on any atom is 0.264 e. The molecule has 1 amide bonds. The van der Waals surface area contributed by atoms with E-state index in [0.717, 1.165) is 42.8 Å². The third kappa shape index (κ3) is 5.36. The highest BCUT2D eigenvalue weighted by molar-refractivity contribution is 7.90. The van der Waals surface area contributed by atoms with Crippen LogP contribution in [0.15, 0.2) is 48.6 Å². The molecule has 1 fully saturated rings. The standard InChI is InChI=1S/C30H35ClN2O6S/c31-22-8-10-25-19(13-22)3-2-12-30(25)17-33-15-21-6-9-24(21)27(35)5-1-4-23(34)16-40(37,38)32-29(36)20-7-11-28(39-18-30)26(33)14-20/h1,4,7-8,10-11,13-14,21,23-24,27,34-35H,2-3,5-6,9,12,15-18H2,(H,32,36)/b4-1-/t21-,23-,24+,27-,30-/m0/s1. The number of halogens is 1. The van der Waals surface area contributed by atoms with Crippen LogP contribution in [0.1, 0.15) is 53.6 Å². The Morgan fingerprint density at radius 3 is 2.77 bits per heavy atom. The molecule has 3 N–H and O–H groups in total. The van der Waals surface area contributed by atoms with Gasteiger partial charge in [0.05, 0.1) is 30.3 Å². The third-order valence-electron chi connectivity index (χ3n) is 9.10. The predicted molar refractivity (Wildman–Crippen MR) is 153 cm³/mol. The highest BCUT2D eigenvalue weighted by atomic mass is 35.5. The molecule has 2 aliphatic heterocycles. The van der Waals surface area contributed by atoms with Gasteiger partial charge in [-0.05, 0) is 91.8 Å². The normalized spacial score (nSPS) is 32.5. The molecule has 2 heterocycles. The summed E-state index contributed by atoms with van der Waals surface area (Å²) in [6, 6.07) is 11.1. The summed E-state index contributed by atoms with van der Waals surface area (Å²) in [4.78, 5) is 15.4. The van der Waals surface area contributed by atoms with Gasteiger partial charge in [0.1, 0.15) is 5.75 Å². The molecule has 0 aromatic heterocycles. The van der Waals surface area contributed by atoms with Crippen molar-refractivity contribution in [2.24, 2.45) is 11.8 Å². The number of benzene rings is 2. The Hall–Kier alpha value is -2.59. The van der Waals surface area contributed by atoms with Crippen molar-refractivity contribution in [2.75, 3.05) is 30.3 Å². The minimum Gasteiger partial charge on any atom is -0.490 e. The first-order chi connectivity index (χ1) is 19.1. The van der Waals surface area contributed by atoms with Gasteiger partial charge in [-0.25, -0.2) is 13.1 Å². The molecule has 1 saturated carbocycles. The highest BCUT2D eigenvalue weighted by Crippen LogP contribution is 2.46. The van der Waals surface area contributed by atoms with Crippen LogP contribution >= 0.6 is 11.6 Å². The van der Waals surface area contributed by atoms with E-state index in [9.17, 15) is 23.4 Å². The van der Waals surface area contributed by atoms with E-state index < -0.39 is 33.9 Å². The molecule has 0 saturated heterocycles. The first-order valence-electron chi connectivity index (χ1n) is 14.0. The van der Waals surface area contributed by atoms with Gasteiger partial charge in [0.15, 0.2) is 0 Å². The molecule has 5 atom stereocenters. The smallest absolute Gasteiger partial charge is 0.264 e. The maximum absolute atomic E-state index is 13.1. The number of rotatable bonds is 0. The number of carbonyl (C=O) groups is 1. The molecule has 1 spiro atoms. The van der Waals surface area contributed by atoms with Gasteiger partial charge in [-0.15, -0.1) is 0 Å². The maximum atomic E-state index is 13.1. The number of amides is 1. The molecule has 2 aliphatic carbocycles. The highest BCUT2D eigenvalue weighted by Gasteiger charge is 2.44. The quantitative estimate of drug-likeness (QED) is 0.404. The second kappa shape index (κ2) is 10.7. The molecule has 2 aromatic rings. The molecule has 4 aliphatic rings. The molecule has 40 heavy (non-hydrogen) atoms. The molecule has 10 heteroatoms. The van der Waals surface area contributed by atoms with Crippen molar-refractivity contribution in [3.8, 4) is 5.75 Å². The second-order valence-electron chi connectivity index (χ2n) is 11.8. The van der Waals surface area contributed by atoms with Crippen molar-refractivity contribution in [3.05, 3.63) is 70.3 Å². The van der Waals surface area contributed by atoms with Crippen molar-refractivity contribution in [2.45, 2.75) is 56.1 Å². The number of nitrogens with zero attached hydrogens (tertiary/aromatic N) is 1. The van der Waals surface area contributed by atoms with Crippen molar-refractivity contribution in [3.63, 3.8) is 0 Å². The fourth-order valence-corrected chi connectivity index (χ4v) is 8.18. The Kier molecular flexibility index (Phi) is 7.36. The van der Waals surface area contributed by atoms with Crippen LogP contribution in [0.2, 0.25) is 5.02 Å². The number of fused-ring (bicyclic) bond motifs is 4. The lowest BCUT2D eigenvalue weighted by molar-refractivity contribution is 0.0176. The van der Waals surface area contributed by atoms with E-state index in [4.69, 9.17) is 16.3 Å². The van der Waals surface area contributed by atoms with Crippen LogP contribution in [-0.2, 0) is 21.9 Å². The summed E-state index contributed by atoms with van der Waals surface area (Å²) in [6.07, 6.45) is 6.26. The topological polar surface area (TPSA) is 116 Å². The number of hydrogen-bond acceptors (Lipinski definition) is 7. The lowest BCUT2D eigenvalue weighted by atomic mass is 9.68. The van der Waals surface area contributed by atoms with Crippen LogP contribution in [0.25, 0.3) is 0 Å². The van der Waals surface area contributed by atoms with Crippen LogP contribution in [0.4, 0.5) is 5.69 Å². The SMILES string of the molecule is O=C1NS(=O)(=O)C[C@@H](O)/C=C\C[C@H](O)[C@@H]2CC[C@H]2CN2C[C@@]3(CCCc4cc(Cl)ccc43)COc3ccc1cc32. The van der Waals surface area contributed by atoms with Gasteiger partial charge in [0, 0.05) is 29.1 Å². The molecular formula is C30H35ClN2O6S. The zero-order chi connectivity index (χ0) is 28.1. The molecule has 6 rings (SSSR count). The van der Waals surface area contributed by atoms with Gasteiger partial charge in [0.25, 0.3) is 5.91 Å². The molecule has 214 valence electrons. The van der Waals surface area contributed by atoms with Gasteiger partial charge in [-0.3, -0.25) is 4.79 Å². The van der Waals surface area contributed by atoms with Crippen molar-refractivity contribution < 1.29 is 28.2 Å². The van der Waals surface area contributed by atoms with Gasteiger partial charge in [-0.1, -0.05) is 29.8 Å². The minimum absolute atomic E-state index is 0.0888. The van der Waals surface area contributed by atoms with Crippen LogP contribution in [-0.4, -0.2) is 62.2 Å². The number of aryl methyl sites for hydroxylation is 1. The summed E-state index contributed by atoms with van der Waals surface area (Å²) in [5.74, 6) is -0.419. The average Bonchev–Trinajstić information content (AvgIpc) is 3.02. The van der Waals surface area contributed by atoms with Crippen LogP contribution in [0, 0.1) is 11.8 Å². The summed E-state index contributed by atoms with van der Waals surface area (Å²) >= 11 is 6.36. The number of sulfonamides is 1. The molecular weight excluding hydrogens is 552 g/mol. The van der Waals surface area contributed by atoms with E-state index in [2.05, 4.69) is 21.8 Å². The number of hydrogen-bond donors (Lipinski definition) is 3. The van der Waals surface area contributed by atoms with Crippen LogP contribution in [0.5, 0.6) is 5.75 Å². The molecule has 2 bridgehead atoms. The van der Waals surface area contributed by atoms with E-state index >= 15 is 0 Å². The average molecular weight is 587 g/mol. The zero-order valence-electron chi connectivity index (χ0n) is 22.3. The number of carbonyl (C=O) groups excluding carboxylic acids is 1. The van der Waals surface area contributed by atoms with E-state index in [1.54, 1.807) is 24.3 Å². The van der Waals surface area contributed by atoms with E-state index in [1.165, 1.54) is 17.2 Å². The first kappa shape index (κ1) is 27.6. The van der Waals surface area contributed by atoms with Crippen LogP contribution in [0.3, 0.4) is 0 Å². The summed E-state index contributed by atoms with van der Waals surface area (Å²) < 4.78 is 33.8. The Labute approximate surface area is 240 Å². The molecule has 0 unspecified atom stereocenters. The van der Waals surface area contributed by atoms with Crippen molar-refractivity contribution in [1.29, 1.82) is 0 Å². The lowest BCUT2D eigenvalue weighted by Gasteiger charge is -2.45. The fraction of sp³-hybridized carbons (Fsp3) is 0.500. The molecule has 8 nitrogen and oxygen atoms in total.